The van der Waals surface area contributed by atoms with Gasteiger partial charge in [0.05, 0.1) is 12.2 Å². The number of benzene rings is 1. The summed E-state index contributed by atoms with van der Waals surface area (Å²) in [4.78, 5) is 0. The van der Waals surface area contributed by atoms with Crippen molar-refractivity contribution < 1.29 is 9.47 Å². The second kappa shape index (κ2) is 4.31. The summed E-state index contributed by atoms with van der Waals surface area (Å²) in [7, 11) is 1.82. The minimum Gasteiger partial charge on any atom is -0.493 e. The molecular formula is C14H19NO2. The summed E-state index contributed by atoms with van der Waals surface area (Å²) in [6, 6.07) is 6.58. The molecule has 3 rings (SSSR count). The third kappa shape index (κ3) is 2.05. The number of aryl methyl sites for hydroxylation is 1. The summed E-state index contributed by atoms with van der Waals surface area (Å²) in [5.41, 5.74) is 2.84. The van der Waals surface area contributed by atoms with Gasteiger partial charge in [0.15, 0.2) is 0 Å². The van der Waals surface area contributed by atoms with E-state index in [0.717, 1.165) is 44.7 Å². The van der Waals surface area contributed by atoms with Gasteiger partial charge in [-0.15, -0.1) is 0 Å². The largest absolute Gasteiger partial charge is 0.493 e. The lowest BCUT2D eigenvalue weighted by Gasteiger charge is -2.41. The Morgan fingerprint density at radius 1 is 1.41 bits per heavy atom. The van der Waals surface area contributed by atoms with E-state index in [2.05, 4.69) is 23.5 Å². The van der Waals surface area contributed by atoms with Gasteiger partial charge in [0, 0.05) is 26.6 Å². The molecule has 1 aromatic rings. The summed E-state index contributed by atoms with van der Waals surface area (Å²) < 4.78 is 11.1. The minimum atomic E-state index is 0.0789. The Labute approximate surface area is 102 Å². The Morgan fingerprint density at radius 3 is 3.00 bits per heavy atom. The fourth-order valence-corrected chi connectivity index (χ4v) is 2.59. The average Bonchev–Trinajstić information content (AvgIpc) is 2.75. The van der Waals surface area contributed by atoms with Crippen LogP contribution in [-0.4, -0.2) is 32.4 Å². The summed E-state index contributed by atoms with van der Waals surface area (Å²) in [6.45, 7) is 2.81. The molecule has 0 unspecified atom stereocenters. The smallest absolute Gasteiger partial charge is 0.122 e. The highest BCUT2D eigenvalue weighted by Gasteiger charge is 2.36. The zero-order valence-corrected chi connectivity index (χ0v) is 10.3. The van der Waals surface area contributed by atoms with E-state index >= 15 is 0 Å². The fourth-order valence-electron chi connectivity index (χ4n) is 2.59. The van der Waals surface area contributed by atoms with E-state index in [9.17, 15) is 0 Å². The third-order valence-electron chi connectivity index (χ3n) is 3.95. The monoisotopic (exact) mass is 233 g/mol. The first kappa shape index (κ1) is 11.1. The van der Waals surface area contributed by atoms with E-state index < -0.39 is 0 Å². The van der Waals surface area contributed by atoms with Crippen molar-refractivity contribution >= 4 is 0 Å². The van der Waals surface area contributed by atoms with Crippen LogP contribution < -0.4 is 10.1 Å². The Morgan fingerprint density at radius 2 is 2.29 bits per heavy atom. The van der Waals surface area contributed by atoms with Crippen LogP contribution in [0.5, 0.6) is 5.75 Å². The van der Waals surface area contributed by atoms with Crippen molar-refractivity contribution in [2.24, 2.45) is 0 Å². The number of fused-ring (bicyclic) bond motifs is 1. The predicted octanol–water partition coefficient (Wildman–Crippen LogP) is 1.54. The lowest BCUT2D eigenvalue weighted by molar-refractivity contribution is -0.0566. The van der Waals surface area contributed by atoms with E-state index in [4.69, 9.17) is 9.47 Å². The van der Waals surface area contributed by atoms with Gasteiger partial charge in [-0.1, -0.05) is 12.1 Å². The summed E-state index contributed by atoms with van der Waals surface area (Å²) >= 11 is 0. The molecular weight excluding hydrogens is 214 g/mol. The Bertz CT molecular complexity index is 407. The molecule has 1 fully saturated rings. The van der Waals surface area contributed by atoms with Crippen molar-refractivity contribution in [3.63, 3.8) is 0 Å². The van der Waals surface area contributed by atoms with Crippen molar-refractivity contribution in [1.29, 1.82) is 0 Å². The average molecular weight is 233 g/mol. The van der Waals surface area contributed by atoms with E-state index in [1.807, 2.05) is 7.11 Å². The Kier molecular flexibility index (Phi) is 2.81. The van der Waals surface area contributed by atoms with E-state index in [1.54, 1.807) is 0 Å². The molecule has 92 valence electrons. The predicted molar refractivity (Wildman–Crippen MR) is 66.6 cm³/mol. The maximum atomic E-state index is 5.60. The zero-order valence-electron chi connectivity index (χ0n) is 10.3. The van der Waals surface area contributed by atoms with Gasteiger partial charge >= 0.3 is 0 Å². The summed E-state index contributed by atoms with van der Waals surface area (Å²) in [6.07, 6.45) is 3.24. The molecule has 3 heteroatoms. The maximum Gasteiger partial charge on any atom is 0.122 e. The molecule has 0 spiro atoms. The molecule has 2 heterocycles. The lowest BCUT2D eigenvalue weighted by atomic mass is 9.89. The zero-order chi connectivity index (χ0) is 11.7. The van der Waals surface area contributed by atoms with Crippen LogP contribution in [0.25, 0.3) is 0 Å². The van der Waals surface area contributed by atoms with Crippen LogP contribution in [0.4, 0.5) is 0 Å². The Balaban J connectivity index is 1.65. The molecule has 1 N–H and O–H groups in total. The van der Waals surface area contributed by atoms with Crippen molar-refractivity contribution in [3.05, 3.63) is 29.3 Å². The Hall–Kier alpha value is -1.06. The fraction of sp³-hybridized carbons (Fsp3) is 0.571. The van der Waals surface area contributed by atoms with Gasteiger partial charge in [-0.2, -0.15) is 0 Å². The van der Waals surface area contributed by atoms with E-state index in [-0.39, 0.29) is 5.60 Å². The molecule has 0 saturated carbocycles. The molecule has 0 aliphatic carbocycles. The second-order valence-corrected chi connectivity index (χ2v) is 5.03. The van der Waals surface area contributed by atoms with Crippen molar-refractivity contribution in [2.75, 3.05) is 26.8 Å². The maximum absolute atomic E-state index is 5.60. The van der Waals surface area contributed by atoms with Crippen LogP contribution in [0.2, 0.25) is 0 Å². The normalized spacial score (nSPS) is 20.5. The van der Waals surface area contributed by atoms with Gasteiger partial charge < -0.3 is 14.8 Å². The molecule has 0 aromatic heterocycles. The molecule has 0 atom stereocenters. The molecule has 0 amide bonds. The van der Waals surface area contributed by atoms with Crippen LogP contribution in [0, 0.1) is 0 Å². The minimum absolute atomic E-state index is 0.0789. The number of rotatable bonds is 4. The molecule has 2 aliphatic rings. The lowest BCUT2D eigenvalue weighted by Crippen LogP contribution is -2.60. The van der Waals surface area contributed by atoms with Crippen molar-refractivity contribution in [2.45, 2.75) is 24.9 Å². The number of ether oxygens (including phenoxy) is 2. The summed E-state index contributed by atoms with van der Waals surface area (Å²) in [5.74, 6) is 1.07. The number of methoxy groups -OCH3 is 1. The highest BCUT2D eigenvalue weighted by Crippen LogP contribution is 2.28. The molecule has 1 saturated heterocycles. The van der Waals surface area contributed by atoms with Crippen LogP contribution in [0.3, 0.4) is 0 Å². The topological polar surface area (TPSA) is 30.5 Å². The van der Waals surface area contributed by atoms with Gasteiger partial charge in [-0.05, 0) is 30.0 Å². The first-order valence-corrected chi connectivity index (χ1v) is 6.32. The van der Waals surface area contributed by atoms with Crippen LogP contribution in [0.15, 0.2) is 18.2 Å². The molecule has 17 heavy (non-hydrogen) atoms. The number of nitrogens with one attached hydrogen (secondary N) is 1. The molecule has 0 radical (unpaired) electrons. The van der Waals surface area contributed by atoms with Crippen LogP contribution in [-0.2, 0) is 17.6 Å². The quantitative estimate of drug-likeness (QED) is 0.855. The van der Waals surface area contributed by atoms with Gasteiger partial charge in [-0.25, -0.2) is 0 Å². The second-order valence-electron chi connectivity index (χ2n) is 5.03. The van der Waals surface area contributed by atoms with Crippen molar-refractivity contribution in [1.82, 2.24) is 5.32 Å². The SMILES string of the molecule is COC1(CCc2ccc3c(c2)CCO3)CNC1. The van der Waals surface area contributed by atoms with Gasteiger partial charge in [0.2, 0.25) is 0 Å². The van der Waals surface area contributed by atoms with E-state index in [0.29, 0.717) is 0 Å². The highest BCUT2D eigenvalue weighted by molar-refractivity contribution is 5.39. The molecule has 2 aliphatic heterocycles. The molecule has 3 nitrogen and oxygen atoms in total. The van der Waals surface area contributed by atoms with Gasteiger partial charge in [-0.3, -0.25) is 0 Å². The van der Waals surface area contributed by atoms with Gasteiger partial charge in [0.1, 0.15) is 5.75 Å². The molecule has 0 bridgehead atoms. The van der Waals surface area contributed by atoms with E-state index in [1.165, 1.54) is 11.1 Å². The van der Waals surface area contributed by atoms with Gasteiger partial charge in [0.25, 0.3) is 0 Å². The standard InChI is InChI=1S/C14H19NO2/c1-16-14(9-15-10-14)6-4-11-2-3-13-12(8-11)5-7-17-13/h2-3,8,15H,4-7,9-10H2,1H3. The van der Waals surface area contributed by atoms with Crippen LogP contribution >= 0.6 is 0 Å². The molecule has 1 aromatic carbocycles. The first-order chi connectivity index (χ1) is 8.31. The summed E-state index contributed by atoms with van der Waals surface area (Å²) in [5, 5.41) is 3.29. The van der Waals surface area contributed by atoms with Crippen molar-refractivity contribution in [3.8, 4) is 5.75 Å². The third-order valence-corrected chi connectivity index (χ3v) is 3.95. The first-order valence-electron chi connectivity index (χ1n) is 6.32. The number of hydrogen-bond acceptors (Lipinski definition) is 3. The number of hydrogen-bond donors (Lipinski definition) is 1. The highest BCUT2D eigenvalue weighted by atomic mass is 16.5. The van der Waals surface area contributed by atoms with Crippen LogP contribution in [0.1, 0.15) is 17.5 Å².